The lowest BCUT2D eigenvalue weighted by Gasteiger charge is -2.24. The smallest absolute Gasteiger partial charge is 0.0991 e. The zero-order valence-corrected chi connectivity index (χ0v) is 28.1. The first-order valence-electron chi connectivity index (χ1n) is 17.2. The van der Waals surface area contributed by atoms with Gasteiger partial charge in [-0.25, -0.2) is 0 Å². The molecule has 9 rings (SSSR count). The summed E-state index contributed by atoms with van der Waals surface area (Å²) in [6.45, 7) is 2.14. The molecule has 0 bridgehead atoms. The lowest BCUT2D eigenvalue weighted by molar-refractivity contribution is 0.814. The zero-order valence-electron chi connectivity index (χ0n) is 28.1. The number of nitrogens with zero attached hydrogens (tertiary/aromatic N) is 5. The van der Waals surface area contributed by atoms with Crippen molar-refractivity contribution >= 4 is 50.1 Å². The Labute approximate surface area is 296 Å². The summed E-state index contributed by atoms with van der Waals surface area (Å²) < 4.78 is 4.58. The molecule has 1 atom stereocenters. The average Bonchev–Trinajstić information content (AvgIpc) is 3.69. The largest absolute Gasteiger partial charge is 0.313 e. The van der Waals surface area contributed by atoms with Crippen molar-refractivity contribution in [1.82, 2.24) is 9.13 Å². The molecule has 0 fully saturated rings. The van der Waals surface area contributed by atoms with Gasteiger partial charge < -0.3 is 9.13 Å². The van der Waals surface area contributed by atoms with Gasteiger partial charge in [-0.2, -0.15) is 15.8 Å². The van der Waals surface area contributed by atoms with Crippen LogP contribution in [-0.2, 0) is 6.42 Å². The summed E-state index contributed by atoms with van der Waals surface area (Å²) in [6.07, 6.45) is 8.00. The Hall–Kier alpha value is -6.87. The van der Waals surface area contributed by atoms with Gasteiger partial charge in [-0.05, 0) is 103 Å². The van der Waals surface area contributed by atoms with Gasteiger partial charge in [0.2, 0.25) is 0 Å². The number of rotatable bonds is 4. The number of aromatic nitrogens is 2. The minimum Gasteiger partial charge on any atom is -0.313 e. The van der Waals surface area contributed by atoms with Crippen LogP contribution in [0.1, 0.15) is 40.8 Å². The van der Waals surface area contributed by atoms with Crippen molar-refractivity contribution in [3.8, 4) is 35.0 Å². The molecule has 5 heteroatoms. The maximum Gasteiger partial charge on any atom is 0.0991 e. The fourth-order valence-corrected chi connectivity index (χ4v) is 8.03. The molecule has 7 aromatic rings. The first-order valence-corrected chi connectivity index (χ1v) is 17.2. The van der Waals surface area contributed by atoms with Crippen LogP contribution in [0.4, 0.5) is 0 Å². The summed E-state index contributed by atoms with van der Waals surface area (Å²) in [5, 5.41) is 33.1. The van der Waals surface area contributed by atoms with Crippen molar-refractivity contribution in [3.05, 3.63) is 155 Å². The Morgan fingerprint density at radius 3 is 2.25 bits per heavy atom. The van der Waals surface area contributed by atoms with Gasteiger partial charge in [0.25, 0.3) is 0 Å². The standard InChI is InChI=1S/C46H31N5/c1-29-9-19-43-40(21-29)38-7-2-3-8-42(38)50(43)36-15-13-33(14-16-36)34-5-4-6-35(25-34)37-17-10-31(27-48)23-45(37)51-44-20-12-30(26-47)22-41(44)39-18-11-32(28-49)24-46(39)51/h2-10,12-17,19-22,24-25,31H,11,18,23H2,1H3. The number of para-hydroxylation sites is 1. The second-order valence-corrected chi connectivity index (χ2v) is 13.5. The summed E-state index contributed by atoms with van der Waals surface area (Å²) in [5.41, 5.74) is 14.5. The van der Waals surface area contributed by atoms with Crippen molar-refractivity contribution in [2.24, 2.45) is 5.92 Å². The first-order chi connectivity index (χ1) is 25.0. The van der Waals surface area contributed by atoms with E-state index in [4.69, 9.17) is 0 Å². The van der Waals surface area contributed by atoms with Gasteiger partial charge in [0.1, 0.15) is 0 Å². The third-order valence-corrected chi connectivity index (χ3v) is 10.5. The molecule has 2 aliphatic rings. The van der Waals surface area contributed by atoms with E-state index in [-0.39, 0.29) is 5.92 Å². The molecule has 0 N–H and O–H groups in total. The molecule has 240 valence electrons. The van der Waals surface area contributed by atoms with E-state index in [1.807, 2.05) is 30.4 Å². The lowest BCUT2D eigenvalue weighted by Crippen LogP contribution is -2.11. The van der Waals surface area contributed by atoms with E-state index in [0.29, 0.717) is 18.4 Å². The van der Waals surface area contributed by atoms with Crippen molar-refractivity contribution in [2.45, 2.75) is 26.2 Å². The molecule has 2 aromatic heterocycles. The van der Waals surface area contributed by atoms with Crippen LogP contribution in [0.15, 0.2) is 127 Å². The Morgan fingerprint density at radius 1 is 0.647 bits per heavy atom. The Bertz CT molecular complexity index is 2810. The molecular weight excluding hydrogens is 623 g/mol. The highest BCUT2D eigenvalue weighted by Crippen LogP contribution is 2.42. The van der Waals surface area contributed by atoms with Crippen molar-refractivity contribution in [1.29, 1.82) is 15.8 Å². The predicted molar refractivity (Wildman–Crippen MR) is 205 cm³/mol. The summed E-state index contributed by atoms with van der Waals surface area (Å²) in [4.78, 5) is 0. The van der Waals surface area contributed by atoms with Crippen LogP contribution >= 0.6 is 0 Å². The Kier molecular flexibility index (Phi) is 7.06. The number of nitriles is 3. The highest BCUT2D eigenvalue weighted by Gasteiger charge is 2.27. The second kappa shape index (κ2) is 11.9. The van der Waals surface area contributed by atoms with Gasteiger partial charge in [-0.3, -0.25) is 0 Å². The molecule has 0 spiro atoms. The quantitative estimate of drug-likeness (QED) is 0.190. The zero-order chi connectivity index (χ0) is 34.6. The number of hydrogen-bond acceptors (Lipinski definition) is 3. The third-order valence-electron chi connectivity index (χ3n) is 10.5. The molecule has 1 unspecified atom stereocenters. The number of allylic oxidation sites excluding steroid dienone is 5. The minimum absolute atomic E-state index is 0.279. The van der Waals surface area contributed by atoms with Crippen LogP contribution in [0.2, 0.25) is 0 Å². The predicted octanol–water partition coefficient (Wildman–Crippen LogP) is 10.9. The summed E-state index contributed by atoms with van der Waals surface area (Å²) >= 11 is 0. The Morgan fingerprint density at radius 2 is 1.43 bits per heavy atom. The fourth-order valence-electron chi connectivity index (χ4n) is 8.03. The second-order valence-electron chi connectivity index (χ2n) is 13.5. The molecule has 51 heavy (non-hydrogen) atoms. The van der Waals surface area contributed by atoms with Crippen LogP contribution in [0.3, 0.4) is 0 Å². The van der Waals surface area contributed by atoms with E-state index in [0.717, 1.165) is 67.8 Å². The molecule has 0 amide bonds. The van der Waals surface area contributed by atoms with E-state index in [1.165, 1.54) is 27.4 Å². The van der Waals surface area contributed by atoms with Crippen molar-refractivity contribution in [3.63, 3.8) is 0 Å². The van der Waals surface area contributed by atoms with Crippen LogP contribution in [0.5, 0.6) is 0 Å². The normalized spacial score (nSPS) is 15.4. The third kappa shape index (κ3) is 4.89. The van der Waals surface area contributed by atoms with Crippen LogP contribution in [0.25, 0.3) is 66.9 Å². The maximum absolute atomic E-state index is 10.1. The van der Waals surface area contributed by atoms with Gasteiger partial charge in [0, 0.05) is 45.1 Å². The molecule has 0 radical (unpaired) electrons. The van der Waals surface area contributed by atoms with Crippen LogP contribution in [-0.4, -0.2) is 9.13 Å². The van der Waals surface area contributed by atoms with Crippen molar-refractivity contribution in [2.75, 3.05) is 0 Å². The highest BCUT2D eigenvalue weighted by atomic mass is 15.0. The lowest BCUT2D eigenvalue weighted by atomic mass is 9.89. The van der Waals surface area contributed by atoms with E-state index in [1.54, 1.807) is 0 Å². The number of benzene rings is 5. The molecular formula is C46H31N5. The number of fused-ring (bicyclic) bond motifs is 6. The molecule has 5 nitrogen and oxygen atoms in total. The fraction of sp³-hybridized carbons (Fsp3) is 0.109. The van der Waals surface area contributed by atoms with Crippen LogP contribution < -0.4 is 0 Å². The maximum atomic E-state index is 10.1. The van der Waals surface area contributed by atoms with Gasteiger partial charge in [-0.1, -0.05) is 72.3 Å². The highest BCUT2D eigenvalue weighted by molar-refractivity contribution is 6.09. The summed E-state index contributed by atoms with van der Waals surface area (Å²) in [5.74, 6) is -0.279. The average molecular weight is 654 g/mol. The molecule has 0 saturated carbocycles. The van der Waals surface area contributed by atoms with E-state index in [2.05, 4.69) is 131 Å². The summed E-state index contributed by atoms with van der Waals surface area (Å²) in [7, 11) is 0. The monoisotopic (exact) mass is 653 g/mol. The molecule has 0 saturated heterocycles. The van der Waals surface area contributed by atoms with Gasteiger partial charge in [0.05, 0.1) is 51.9 Å². The van der Waals surface area contributed by atoms with E-state index >= 15 is 0 Å². The van der Waals surface area contributed by atoms with Gasteiger partial charge in [-0.15, -0.1) is 0 Å². The topological polar surface area (TPSA) is 81.2 Å². The minimum atomic E-state index is -0.279. The number of aryl methyl sites for hydroxylation is 2. The SMILES string of the molecule is Cc1ccc2c(c1)c1ccccc1n2-c1ccc(-c2cccc(C3=C(n4c5c(c6cc(C#N)ccc64)CCC(C#N)=C5)CC(C#N)C=C3)c2)cc1. The van der Waals surface area contributed by atoms with Crippen molar-refractivity contribution < 1.29 is 0 Å². The molecule has 2 heterocycles. The number of hydrogen-bond donors (Lipinski definition) is 0. The molecule has 5 aromatic carbocycles. The van der Waals surface area contributed by atoms with E-state index in [9.17, 15) is 15.8 Å². The summed E-state index contributed by atoms with van der Waals surface area (Å²) in [6, 6.07) is 45.6. The van der Waals surface area contributed by atoms with Gasteiger partial charge in [0.15, 0.2) is 0 Å². The molecule has 0 aliphatic heterocycles. The Balaban J connectivity index is 1.17. The first kappa shape index (κ1) is 30.2. The van der Waals surface area contributed by atoms with Crippen LogP contribution in [0, 0.1) is 46.8 Å². The van der Waals surface area contributed by atoms with Gasteiger partial charge >= 0.3 is 0 Å². The molecule has 2 aliphatic carbocycles. The van der Waals surface area contributed by atoms with E-state index < -0.39 is 0 Å².